The summed E-state index contributed by atoms with van der Waals surface area (Å²) in [5.41, 5.74) is 2.20. The van der Waals surface area contributed by atoms with Crippen LogP contribution in [0, 0.1) is 0 Å². The first kappa shape index (κ1) is 13.8. The highest BCUT2D eigenvalue weighted by Gasteiger charge is 1.96. The van der Waals surface area contributed by atoms with Crippen LogP contribution in [0.25, 0.3) is 0 Å². The van der Waals surface area contributed by atoms with Crippen LogP contribution in [0.2, 0.25) is 0 Å². The van der Waals surface area contributed by atoms with E-state index in [1.807, 2.05) is 36.4 Å². The van der Waals surface area contributed by atoms with Crippen molar-refractivity contribution >= 4 is 24.0 Å². The van der Waals surface area contributed by atoms with Crippen molar-refractivity contribution in [3.8, 4) is 5.75 Å². The summed E-state index contributed by atoms with van der Waals surface area (Å²) in [6, 6.07) is 11.7. The van der Waals surface area contributed by atoms with Gasteiger partial charge in [0, 0.05) is 18.3 Å². The van der Waals surface area contributed by atoms with E-state index in [1.54, 1.807) is 12.4 Å². The molecule has 0 aliphatic heterocycles. The zero-order valence-corrected chi connectivity index (χ0v) is 10.7. The van der Waals surface area contributed by atoms with Crippen LogP contribution < -0.4 is 4.74 Å². The normalized spacial score (nSPS) is 9.47. The minimum atomic E-state index is 0. The molecule has 1 aromatic heterocycles. The van der Waals surface area contributed by atoms with Crippen molar-refractivity contribution in [1.29, 1.82) is 0 Å². The molecular weight excluding hydrogens is 257 g/mol. The molecule has 0 bridgehead atoms. The molecule has 1 heterocycles. The summed E-state index contributed by atoms with van der Waals surface area (Å²) >= 11 is 5.70. The Morgan fingerprint density at radius 3 is 2.18 bits per heavy atom. The Bertz CT molecular complexity index is 431. The molecular formula is C13H13Cl2NO. The van der Waals surface area contributed by atoms with Crippen molar-refractivity contribution in [1.82, 2.24) is 4.98 Å². The third-order valence-electron chi connectivity index (χ3n) is 2.23. The van der Waals surface area contributed by atoms with E-state index in [4.69, 9.17) is 16.3 Å². The van der Waals surface area contributed by atoms with Gasteiger partial charge < -0.3 is 4.74 Å². The molecule has 17 heavy (non-hydrogen) atoms. The van der Waals surface area contributed by atoms with E-state index >= 15 is 0 Å². The second-order valence-corrected chi connectivity index (χ2v) is 3.69. The van der Waals surface area contributed by atoms with Gasteiger partial charge in [-0.05, 0) is 35.4 Å². The summed E-state index contributed by atoms with van der Waals surface area (Å²) in [5, 5.41) is 0. The van der Waals surface area contributed by atoms with Crippen LogP contribution in [0.4, 0.5) is 0 Å². The average Bonchev–Trinajstić information content (AvgIpc) is 2.38. The number of ether oxygens (including phenoxy) is 1. The maximum Gasteiger partial charge on any atom is 0.119 e. The molecule has 0 saturated heterocycles. The second-order valence-electron chi connectivity index (χ2n) is 3.42. The number of hydrogen-bond donors (Lipinski definition) is 0. The van der Waals surface area contributed by atoms with Gasteiger partial charge in [-0.25, -0.2) is 0 Å². The molecule has 0 N–H and O–H groups in total. The minimum Gasteiger partial charge on any atom is -0.489 e. The lowest BCUT2D eigenvalue weighted by molar-refractivity contribution is 0.306. The van der Waals surface area contributed by atoms with Gasteiger partial charge in [0.1, 0.15) is 12.4 Å². The molecule has 0 amide bonds. The van der Waals surface area contributed by atoms with Crippen molar-refractivity contribution in [2.45, 2.75) is 12.5 Å². The summed E-state index contributed by atoms with van der Waals surface area (Å²) in [4.78, 5) is 3.95. The molecule has 4 heteroatoms. The molecule has 0 radical (unpaired) electrons. The van der Waals surface area contributed by atoms with Gasteiger partial charge in [0.2, 0.25) is 0 Å². The summed E-state index contributed by atoms with van der Waals surface area (Å²) in [7, 11) is 0. The lowest BCUT2D eigenvalue weighted by Crippen LogP contribution is -1.95. The number of pyridine rings is 1. The third kappa shape index (κ3) is 4.25. The maximum atomic E-state index is 5.70. The van der Waals surface area contributed by atoms with Gasteiger partial charge in [0.05, 0.1) is 0 Å². The van der Waals surface area contributed by atoms with Gasteiger partial charge in [-0.15, -0.1) is 24.0 Å². The zero-order chi connectivity index (χ0) is 11.2. The van der Waals surface area contributed by atoms with Crippen molar-refractivity contribution in [3.63, 3.8) is 0 Å². The molecule has 90 valence electrons. The van der Waals surface area contributed by atoms with E-state index in [0.29, 0.717) is 12.5 Å². The van der Waals surface area contributed by atoms with Crippen LogP contribution in [-0.4, -0.2) is 4.98 Å². The first-order chi connectivity index (χ1) is 7.88. The van der Waals surface area contributed by atoms with E-state index in [1.165, 1.54) is 0 Å². The van der Waals surface area contributed by atoms with Crippen molar-refractivity contribution in [2.75, 3.05) is 0 Å². The molecule has 0 saturated carbocycles. The maximum absolute atomic E-state index is 5.70. The van der Waals surface area contributed by atoms with Gasteiger partial charge in [-0.1, -0.05) is 12.1 Å². The fraction of sp³-hybridized carbons (Fsp3) is 0.154. The Balaban J connectivity index is 0.00000144. The van der Waals surface area contributed by atoms with Gasteiger partial charge in [0.15, 0.2) is 0 Å². The minimum absolute atomic E-state index is 0. The van der Waals surface area contributed by atoms with Gasteiger partial charge in [-0.3, -0.25) is 4.98 Å². The predicted octanol–water partition coefficient (Wildman–Crippen LogP) is 3.82. The monoisotopic (exact) mass is 269 g/mol. The van der Waals surface area contributed by atoms with Crippen molar-refractivity contribution in [2.24, 2.45) is 0 Å². The standard InChI is InChI=1S/C13H12ClNO.ClH/c14-9-11-1-3-13(4-2-11)16-10-12-5-7-15-8-6-12;/h1-8H,9-10H2;1H. The van der Waals surface area contributed by atoms with Gasteiger partial charge in [0.25, 0.3) is 0 Å². The van der Waals surface area contributed by atoms with Crippen LogP contribution in [0.5, 0.6) is 5.75 Å². The zero-order valence-electron chi connectivity index (χ0n) is 9.17. The Labute approximate surface area is 112 Å². The molecule has 0 spiro atoms. The Kier molecular flexibility index (Phi) is 5.81. The molecule has 0 fully saturated rings. The number of aromatic nitrogens is 1. The Morgan fingerprint density at radius 2 is 1.59 bits per heavy atom. The molecule has 2 aromatic rings. The highest BCUT2D eigenvalue weighted by molar-refractivity contribution is 6.17. The van der Waals surface area contributed by atoms with E-state index in [2.05, 4.69) is 4.98 Å². The van der Waals surface area contributed by atoms with Crippen molar-refractivity contribution < 1.29 is 4.74 Å². The number of hydrogen-bond acceptors (Lipinski definition) is 2. The SMILES string of the molecule is Cl.ClCc1ccc(OCc2ccncc2)cc1. The number of benzene rings is 1. The first-order valence-corrected chi connectivity index (χ1v) is 5.58. The highest BCUT2D eigenvalue weighted by Crippen LogP contribution is 2.14. The van der Waals surface area contributed by atoms with Crippen LogP contribution in [0.3, 0.4) is 0 Å². The Hall–Kier alpha value is -1.25. The average molecular weight is 270 g/mol. The smallest absolute Gasteiger partial charge is 0.119 e. The van der Waals surface area contributed by atoms with E-state index in [0.717, 1.165) is 16.9 Å². The summed E-state index contributed by atoms with van der Waals surface area (Å²) in [5.74, 6) is 1.38. The lowest BCUT2D eigenvalue weighted by Gasteiger charge is -2.06. The Morgan fingerprint density at radius 1 is 0.941 bits per heavy atom. The molecule has 0 atom stereocenters. The summed E-state index contributed by atoms with van der Waals surface area (Å²) in [6.07, 6.45) is 3.52. The molecule has 2 nitrogen and oxygen atoms in total. The van der Waals surface area contributed by atoms with Crippen LogP contribution in [0.15, 0.2) is 48.8 Å². The van der Waals surface area contributed by atoms with Crippen molar-refractivity contribution in [3.05, 3.63) is 59.9 Å². The van der Waals surface area contributed by atoms with E-state index in [9.17, 15) is 0 Å². The predicted molar refractivity (Wildman–Crippen MR) is 71.8 cm³/mol. The van der Waals surface area contributed by atoms with E-state index in [-0.39, 0.29) is 12.4 Å². The summed E-state index contributed by atoms with van der Waals surface area (Å²) < 4.78 is 5.62. The molecule has 0 aliphatic rings. The highest BCUT2D eigenvalue weighted by atomic mass is 35.5. The molecule has 1 aromatic carbocycles. The fourth-order valence-corrected chi connectivity index (χ4v) is 1.50. The summed E-state index contributed by atoms with van der Waals surface area (Å²) in [6.45, 7) is 0.558. The second kappa shape index (κ2) is 7.15. The number of alkyl halides is 1. The van der Waals surface area contributed by atoms with Gasteiger partial charge in [-0.2, -0.15) is 0 Å². The fourth-order valence-electron chi connectivity index (χ4n) is 1.32. The molecule has 0 aliphatic carbocycles. The molecule has 2 rings (SSSR count). The first-order valence-electron chi connectivity index (χ1n) is 5.05. The number of halogens is 2. The quantitative estimate of drug-likeness (QED) is 0.788. The number of rotatable bonds is 4. The van der Waals surface area contributed by atoms with Crippen LogP contribution in [0.1, 0.15) is 11.1 Å². The largest absolute Gasteiger partial charge is 0.489 e. The molecule has 0 unspecified atom stereocenters. The van der Waals surface area contributed by atoms with E-state index < -0.39 is 0 Å². The van der Waals surface area contributed by atoms with Crippen LogP contribution in [-0.2, 0) is 12.5 Å². The third-order valence-corrected chi connectivity index (χ3v) is 2.54. The number of nitrogens with zero attached hydrogens (tertiary/aromatic N) is 1. The van der Waals surface area contributed by atoms with Crippen LogP contribution >= 0.6 is 24.0 Å². The van der Waals surface area contributed by atoms with Gasteiger partial charge >= 0.3 is 0 Å². The topological polar surface area (TPSA) is 22.1 Å². The lowest BCUT2D eigenvalue weighted by atomic mass is 10.2.